The van der Waals surface area contributed by atoms with Crippen molar-refractivity contribution < 1.29 is 23.8 Å². The highest BCUT2D eigenvalue weighted by molar-refractivity contribution is 6.01. The van der Waals surface area contributed by atoms with Gasteiger partial charge >= 0.3 is 6.03 Å². The van der Waals surface area contributed by atoms with Crippen LogP contribution in [0.5, 0.6) is 11.5 Å². The third-order valence-corrected chi connectivity index (χ3v) is 4.78. The Kier molecular flexibility index (Phi) is 6.08. The van der Waals surface area contributed by atoms with Gasteiger partial charge in [-0.05, 0) is 38.0 Å². The molecular formula is C20H27N3O5. The van der Waals surface area contributed by atoms with Crippen molar-refractivity contribution in [1.82, 2.24) is 15.5 Å². The van der Waals surface area contributed by atoms with Crippen LogP contribution >= 0.6 is 0 Å². The fourth-order valence-electron chi connectivity index (χ4n) is 3.47. The van der Waals surface area contributed by atoms with Crippen LogP contribution in [0.3, 0.4) is 0 Å². The Labute approximate surface area is 164 Å². The molecule has 0 saturated heterocycles. The molecule has 2 aliphatic heterocycles. The van der Waals surface area contributed by atoms with Crippen LogP contribution < -0.4 is 20.1 Å². The Morgan fingerprint density at radius 1 is 1.18 bits per heavy atom. The molecule has 3 amide bonds. The average Bonchev–Trinajstić information content (AvgIpc) is 2.99. The monoisotopic (exact) mass is 389 g/mol. The molecule has 3 rings (SSSR count). The molecule has 0 fully saturated rings. The second kappa shape index (κ2) is 8.52. The zero-order chi connectivity index (χ0) is 20.3. The Balaban J connectivity index is 1.79. The molecule has 2 N–H and O–H groups in total. The molecule has 0 radical (unpaired) electrons. The maximum absolute atomic E-state index is 13.0. The van der Waals surface area contributed by atoms with Gasteiger partial charge in [-0.3, -0.25) is 4.79 Å². The Hall–Kier alpha value is -2.74. The van der Waals surface area contributed by atoms with E-state index in [-0.39, 0.29) is 18.0 Å². The van der Waals surface area contributed by atoms with Crippen molar-refractivity contribution in [2.45, 2.75) is 32.4 Å². The van der Waals surface area contributed by atoms with Gasteiger partial charge in [0.1, 0.15) is 0 Å². The number of hydrogen-bond donors (Lipinski definition) is 2. The van der Waals surface area contributed by atoms with Gasteiger partial charge in [-0.1, -0.05) is 6.07 Å². The Morgan fingerprint density at radius 2 is 1.93 bits per heavy atom. The highest BCUT2D eigenvalue weighted by Gasteiger charge is 2.40. The van der Waals surface area contributed by atoms with Crippen molar-refractivity contribution in [3.8, 4) is 11.5 Å². The summed E-state index contributed by atoms with van der Waals surface area (Å²) in [5.41, 5.74) is 1.98. The first-order chi connectivity index (χ1) is 13.4. The van der Waals surface area contributed by atoms with E-state index < -0.39 is 6.04 Å². The molecule has 1 atom stereocenters. The number of hydrogen-bond acceptors (Lipinski definition) is 5. The van der Waals surface area contributed by atoms with E-state index in [1.54, 1.807) is 31.3 Å². The van der Waals surface area contributed by atoms with E-state index in [1.807, 2.05) is 19.9 Å². The molecule has 1 aromatic rings. The quantitative estimate of drug-likeness (QED) is 0.664. The fourth-order valence-corrected chi connectivity index (χ4v) is 3.47. The fraction of sp³-hybridized carbons (Fsp3) is 0.500. The predicted octanol–water partition coefficient (Wildman–Crippen LogP) is 1.97. The normalized spacial score (nSPS) is 18.9. The highest BCUT2D eigenvalue weighted by atomic mass is 16.5. The van der Waals surface area contributed by atoms with Gasteiger partial charge < -0.3 is 29.7 Å². The van der Waals surface area contributed by atoms with Crippen LogP contribution in [0.15, 0.2) is 29.5 Å². The van der Waals surface area contributed by atoms with Crippen molar-refractivity contribution in [2.75, 3.05) is 33.9 Å². The molecule has 2 heterocycles. The Morgan fingerprint density at radius 3 is 2.61 bits per heavy atom. The molecule has 0 bridgehead atoms. The standard InChI is InChI=1S/C20H27N3O5/c1-12(2)28-9-5-8-23-11-14-17(19(23)24)18(22-20(25)21-14)13-6-7-15(26-3)16(10-13)27-4/h6-7,10,12,18H,5,8-9,11H2,1-4H3,(H2,21,22,25)/t18-/m0/s1. The summed E-state index contributed by atoms with van der Waals surface area (Å²) in [6.07, 6.45) is 0.908. The third-order valence-electron chi connectivity index (χ3n) is 4.78. The van der Waals surface area contributed by atoms with E-state index >= 15 is 0 Å². The summed E-state index contributed by atoms with van der Waals surface area (Å²) < 4.78 is 16.2. The van der Waals surface area contributed by atoms with Gasteiger partial charge in [-0.2, -0.15) is 0 Å². The van der Waals surface area contributed by atoms with Gasteiger partial charge in [-0.15, -0.1) is 0 Å². The number of methoxy groups -OCH3 is 2. The molecule has 8 heteroatoms. The van der Waals surface area contributed by atoms with Gasteiger partial charge in [0, 0.05) is 13.2 Å². The summed E-state index contributed by atoms with van der Waals surface area (Å²) in [6.45, 7) is 5.53. The average molecular weight is 389 g/mol. The van der Waals surface area contributed by atoms with Gasteiger partial charge in [0.15, 0.2) is 11.5 Å². The summed E-state index contributed by atoms with van der Waals surface area (Å²) >= 11 is 0. The minimum Gasteiger partial charge on any atom is -0.493 e. The lowest BCUT2D eigenvalue weighted by Gasteiger charge is -2.26. The van der Waals surface area contributed by atoms with E-state index in [9.17, 15) is 9.59 Å². The first-order valence-corrected chi connectivity index (χ1v) is 9.38. The molecule has 0 aliphatic carbocycles. The number of carbonyl (C=O) groups is 2. The molecule has 2 aliphatic rings. The lowest BCUT2D eigenvalue weighted by molar-refractivity contribution is -0.126. The van der Waals surface area contributed by atoms with Crippen LogP contribution in [0.25, 0.3) is 0 Å². The van der Waals surface area contributed by atoms with Crippen molar-refractivity contribution in [2.24, 2.45) is 0 Å². The van der Waals surface area contributed by atoms with Crippen molar-refractivity contribution in [3.05, 3.63) is 35.0 Å². The molecule has 8 nitrogen and oxygen atoms in total. The predicted molar refractivity (Wildman–Crippen MR) is 103 cm³/mol. The topological polar surface area (TPSA) is 89.1 Å². The minimum absolute atomic E-state index is 0.0770. The van der Waals surface area contributed by atoms with Crippen LogP contribution in [0.2, 0.25) is 0 Å². The van der Waals surface area contributed by atoms with Crippen molar-refractivity contribution in [1.29, 1.82) is 0 Å². The number of nitrogens with one attached hydrogen (secondary N) is 2. The largest absolute Gasteiger partial charge is 0.493 e. The van der Waals surface area contributed by atoms with Gasteiger partial charge in [0.05, 0.1) is 44.2 Å². The molecule has 0 unspecified atom stereocenters. The summed E-state index contributed by atoms with van der Waals surface area (Å²) in [4.78, 5) is 26.9. The van der Waals surface area contributed by atoms with Gasteiger partial charge in [0.25, 0.3) is 5.91 Å². The number of amides is 3. The minimum atomic E-state index is -0.534. The van der Waals surface area contributed by atoms with Crippen LogP contribution in [0, 0.1) is 0 Å². The molecule has 0 saturated carbocycles. The van der Waals surface area contributed by atoms with Gasteiger partial charge in [-0.25, -0.2) is 4.79 Å². The number of ether oxygens (including phenoxy) is 3. The smallest absolute Gasteiger partial charge is 0.319 e. The third kappa shape index (κ3) is 4.06. The summed E-state index contributed by atoms with van der Waals surface area (Å²) in [5, 5.41) is 5.63. The van der Waals surface area contributed by atoms with E-state index in [0.717, 1.165) is 12.0 Å². The maximum atomic E-state index is 13.0. The molecule has 28 heavy (non-hydrogen) atoms. The molecular weight excluding hydrogens is 362 g/mol. The summed E-state index contributed by atoms with van der Waals surface area (Å²) in [7, 11) is 3.11. The highest BCUT2D eigenvalue weighted by Crippen LogP contribution is 2.36. The van der Waals surface area contributed by atoms with Crippen LogP contribution in [-0.2, 0) is 9.53 Å². The summed E-state index contributed by atoms with van der Waals surface area (Å²) in [6, 6.07) is 4.52. The number of benzene rings is 1. The Bertz CT molecular complexity index is 790. The molecule has 0 aromatic heterocycles. The second-order valence-electron chi connectivity index (χ2n) is 7.04. The zero-order valence-electron chi connectivity index (χ0n) is 16.7. The van der Waals surface area contributed by atoms with Crippen molar-refractivity contribution >= 4 is 11.9 Å². The van der Waals surface area contributed by atoms with E-state index in [2.05, 4.69) is 10.6 Å². The van der Waals surface area contributed by atoms with E-state index in [4.69, 9.17) is 14.2 Å². The number of nitrogens with zero attached hydrogens (tertiary/aromatic N) is 1. The molecule has 1 aromatic carbocycles. The van der Waals surface area contributed by atoms with Crippen molar-refractivity contribution in [3.63, 3.8) is 0 Å². The SMILES string of the molecule is COc1ccc([C@@H]2NC(=O)NC3=C2C(=O)N(CCCOC(C)C)C3)cc1OC. The lowest BCUT2D eigenvalue weighted by Crippen LogP contribution is -2.44. The number of urea groups is 1. The zero-order valence-corrected chi connectivity index (χ0v) is 16.7. The second-order valence-corrected chi connectivity index (χ2v) is 7.04. The van der Waals surface area contributed by atoms with E-state index in [0.29, 0.717) is 42.5 Å². The molecule has 152 valence electrons. The van der Waals surface area contributed by atoms with Crippen LogP contribution in [0.4, 0.5) is 4.79 Å². The summed E-state index contributed by atoms with van der Waals surface area (Å²) in [5.74, 6) is 1.06. The lowest BCUT2D eigenvalue weighted by atomic mass is 9.96. The number of carbonyl (C=O) groups excluding carboxylic acids is 2. The first-order valence-electron chi connectivity index (χ1n) is 9.38. The van der Waals surface area contributed by atoms with Crippen LogP contribution in [0.1, 0.15) is 31.9 Å². The molecule has 0 spiro atoms. The first kappa shape index (κ1) is 20.0. The number of rotatable bonds is 8. The van der Waals surface area contributed by atoms with Gasteiger partial charge in [0.2, 0.25) is 0 Å². The van der Waals surface area contributed by atoms with Crippen LogP contribution in [-0.4, -0.2) is 56.9 Å². The maximum Gasteiger partial charge on any atom is 0.319 e. The van der Waals surface area contributed by atoms with E-state index in [1.165, 1.54) is 0 Å².